The standard InChI is InChI=1S/C20H20F2N4O2S2/c1-3-7-24-20-26-15(16(30-20)19(27)28-4-2)10-29-18-13(9-23)12(11-5-6-11)8-14(25-18)17(21)22/h3,8,11,17H,1,4-7,10H2,2H3,(H,24,26). The van der Waals surface area contributed by atoms with Crippen LogP contribution < -0.4 is 5.32 Å². The Labute approximate surface area is 181 Å². The smallest absolute Gasteiger partial charge is 0.350 e. The van der Waals surface area contributed by atoms with Gasteiger partial charge in [-0.2, -0.15) is 5.26 Å². The highest BCUT2D eigenvalue weighted by Gasteiger charge is 2.30. The largest absolute Gasteiger partial charge is 0.462 e. The monoisotopic (exact) mass is 450 g/mol. The van der Waals surface area contributed by atoms with Gasteiger partial charge < -0.3 is 10.1 Å². The molecule has 30 heavy (non-hydrogen) atoms. The van der Waals surface area contributed by atoms with Gasteiger partial charge in [-0.25, -0.2) is 23.5 Å². The molecule has 0 atom stereocenters. The molecule has 1 aliphatic carbocycles. The number of ether oxygens (including phenoxy) is 1. The van der Waals surface area contributed by atoms with Crippen LogP contribution in [0.2, 0.25) is 0 Å². The summed E-state index contributed by atoms with van der Waals surface area (Å²) in [6.07, 6.45) is 0.697. The predicted octanol–water partition coefficient (Wildman–Crippen LogP) is 5.29. The lowest BCUT2D eigenvalue weighted by atomic mass is 10.1. The quantitative estimate of drug-likeness (QED) is 0.299. The number of thioether (sulfide) groups is 1. The fraction of sp³-hybridized carbons (Fsp3) is 0.400. The molecule has 0 spiro atoms. The Hall–Kier alpha value is -2.51. The summed E-state index contributed by atoms with van der Waals surface area (Å²) in [6, 6.07) is 3.46. The molecule has 3 rings (SSSR count). The third-order valence-electron chi connectivity index (χ3n) is 4.29. The van der Waals surface area contributed by atoms with Crippen molar-refractivity contribution in [3.8, 4) is 6.07 Å². The van der Waals surface area contributed by atoms with E-state index in [2.05, 4.69) is 27.9 Å². The Bertz CT molecular complexity index is 984. The van der Waals surface area contributed by atoms with Crippen molar-refractivity contribution in [2.45, 2.75) is 42.9 Å². The lowest BCUT2D eigenvalue weighted by molar-refractivity contribution is 0.0531. The molecule has 2 aromatic heterocycles. The first-order valence-corrected chi connectivity index (χ1v) is 11.2. The zero-order valence-electron chi connectivity index (χ0n) is 16.3. The maximum absolute atomic E-state index is 13.3. The van der Waals surface area contributed by atoms with Crippen LogP contribution in [0.15, 0.2) is 23.7 Å². The highest BCUT2D eigenvalue weighted by atomic mass is 32.2. The molecule has 0 unspecified atom stereocenters. The van der Waals surface area contributed by atoms with Gasteiger partial charge in [0.25, 0.3) is 6.43 Å². The number of carbonyl (C=O) groups is 1. The van der Waals surface area contributed by atoms with Gasteiger partial charge in [-0.1, -0.05) is 29.2 Å². The predicted molar refractivity (Wildman–Crippen MR) is 112 cm³/mol. The minimum Gasteiger partial charge on any atom is -0.462 e. The molecule has 1 saturated carbocycles. The summed E-state index contributed by atoms with van der Waals surface area (Å²) in [6.45, 7) is 6.04. The van der Waals surface area contributed by atoms with Crippen LogP contribution in [0.1, 0.15) is 64.3 Å². The van der Waals surface area contributed by atoms with Crippen LogP contribution in [0.3, 0.4) is 0 Å². The highest BCUT2D eigenvalue weighted by Crippen LogP contribution is 2.44. The van der Waals surface area contributed by atoms with Crippen molar-refractivity contribution in [2.75, 3.05) is 18.5 Å². The molecular formula is C20H20F2N4O2S2. The second kappa shape index (κ2) is 10.00. The number of aromatic nitrogens is 2. The molecular weight excluding hydrogens is 430 g/mol. The number of pyridine rings is 1. The molecule has 1 aliphatic rings. The summed E-state index contributed by atoms with van der Waals surface area (Å²) in [5.41, 5.74) is 1.07. The molecule has 10 heteroatoms. The van der Waals surface area contributed by atoms with Crippen molar-refractivity contribution >= 4 is 34.2 Å². The van der Waals surface area contributed by atoms with E-state index in [0.29, 0.717) is 33.4 Å². The molecule has 1 N–H and O–H groups in total. The van der Waals surface area contributed by atoms with Crippen LogP contribution in [0.5, 0.6) is 0 Å². The summed E-state index contributed by atoms with van der Waals surface area (Å²) in [5, 5.41) is 13.4. The minimum absolute atomic E-state index is 0.128. The average Bonchev–Trinajstić information content (AvgIpc) is 3.50. The van der Waals surface area contributed by atoms with Gasteiger partial charge in [-0.15, -0.1) is 6.58 Å². The minimum atomic E-state index is -2.72. The second-order valence-electron chi connectivity index (χ2n) is 6.48. The number of esters is 1. The molecule has 0 amide bonds. The Morgan fingerprint density at radius 2 is 2.30 bits per heavy atom. The lowest BCUT2D eigenvalue weighted by Crippen LogP contribution is -2.05. The van der Waals surface area contributed by atoms with Crippen molar-refractivity contribution in [1.82, 2.24) is 9.97 Å². The van der Waals surface area contributed by atoms with Crippen molar-refractivity contribution in [3.63, 3.8) is 0 Å². The zero-order chi connectivity index (χ0) is 21.7. The molecule has 0 saturated heterocycles. The first-order valence-electron chi connectivity index (χ1n) is 9.35. The normalized spacial score (nSPS) is 13.2. The van der Waals surface area contributed by atoms with Crippen molar-refractivity contribution < 1.29 is 18.3 Å². The lowest BCUT2D eigenvalue weighted by Gasteiger charge is -2.11. The second-order valence-corrected chi connectivity index (χ2v) is 8.44. The van der Waals surface area contributed by atoms with Crippen molar-refractivity contribution in [1.29, 1.82) is 5.26 Å². The van der Waals surface area contributed by atoms with E-state index in [1.807, 2.05) is 0 Å². The van der Waals surface area contributed by atoms with Gasteiger partial charge in [0.2, 0.25) is 0 Å². The number of nitrogens with zero attached hydrogens (tertiary/aromatic N) is 3. The van der Waals surface area contributed by atoms with Gasteiger partial charge in [-0.05, 0) is 37.3 Å². The van der Waals surface area contributed by atoms with Crippen LogP contribution in [-0.4, -0.2) is 29.1 Å². The number of hydrogen-bond donors (Lipinski definition) is 1. The molecule has 2 heterocycles. The van der Waals surface area contributed by atoms with Gasteiger partial charge >= 0.3 is 5.97 Å². The summed E-state index contributed by atoms with van der Waals surface area (Å²) in [5.74, 6) is -0.173. The topological polar surface area (TPSA) is 87.9 Å². The van der Waals surface area contributed by atoms with Crippen LogP contribution in [0.25, 0.3) is 0 Å². The SMILES string of the molecule is C=CCNc1nc(CSc2nc(C(F)F)cc(C3CC3)c2C#N)c(C(=O)OCC)s1. The van der Waals surface area contributed by atoms with E-state index >= 15 is 0 Å². The van der Waals surface area contributed by atoms with Crippen LogP contribution in [0.4, 0.5) is 13.9 Å². The molecule has 0 radical (unpaired) electrons. The van der Waals surface area contributed by atoms with E-state index in [0.717, 1.165) is 35.9 Å². The summed E-state index contributed by atoms with van der Waals surface area (Å²) < 4.78 is 31.8. The van der Waals surface area contributed by atoms with E-state index in [-0.39, 0.29) is 29.0 Å². The number of thiazole rings is 1. The van der Waals surface area contributed by atoms with Crippen molar-refractivity contribution in [2.24, 2.45) is 0 Å². The maximum atomic E-state index is 13.3. The Morgan fingerprint density at radius 3 is 2.90 bits per heavy atom. The number of nitrogens with one attached hydrogen (secondary N) is 1. The molecule has 1 fully saturated rings. The fourth-order valence-electron chi connectivity index (χ4n) is 2.78. The number of alkyl halides is 2. The first kappa shape index (κ1) is 22.2. The van der Waals surface area contributed by atoms with E-state index in [1.54, 1.807) is 13.0 Å². The summed E-state index contributed by atoms with van der Waals surface area (Å²) in [7, 11) is 0. The molecule has 6 nitrogen and oxygen atoms in total. The third kappa shape index (κ3) is 5.15. The number of halogens is 2. The molecule has 0 bridgehead atoms. The van der Waals surface area contributed by atoms with Gasteiger partial charge in [0.15, 0.2) is 5.13 Å². The summed E-state index contributed by atoms with van der Waals surface area (Å²) >= 11 is 2.28. The van der Waals surface area contributed by atoms with Gasteiger partial charge in [-0.3, -0.25) is 0 Å². The molecule has 0 aliphatic heterocycles. The van der Waals surface area contributed by atoms with Crippen LogP contribution in [-0.2, 0) is 10.5 Å². The van der Waals surface area contributed by atoms with Crippen LogP contribution in [0, 0.1) is 11.3 Å². The maximum Gasteiger partial charge on any atom is 0.350 e. The molecule has 2 aromatic rings. The molecule has 0 aromatic carbocycles. The third-order valence-corrected chi connectivity index (χ3v) is 6.31. The number of hydrogen-bond acceptors (Lipinski definition) is 8. The number of anilines is 1. The van der Waals surface area contributed by atoms with Gasteiger partial charge in [0.05, 0.1) is 17.9 Å². The Morgan fingerprint density at radius 1 is 1.53 bits per heavy atom. The molecule has 158 valence electrons. The van der Waals surface area contributed by atoms with Crippen molar-refractivity contribution in [3.05, 3.63) is 46.1 Å². The zero-order valence-corrected chi connectivity index (χ0v) is 17.9. The van der Waals surface area contributed by atoms with Gasteiger partial charge in [0.1, 0.15) is 21.7 Å². The Kier molecular flexibility index (Phi) is 7.39. The van der Waals surface area contributed by atoms with Crippen LogP contribution >= 0.6 is 23.1 Å². The summed E-state index contributed by atoms with van der Waals surface area (Å²) in [4.78, 5) is 21.1. The van der Waals surface area contributed by atoms with E-state index in [9.17, 15) is 18.8 Å². The first-order chi connectivity index (χ1) is 14.5. The van der Waals surface area contributed by atoms with E-state index in [4.69, 9.17) is 4.74 Å². The average molecular weight is 451 g/mol. The number of nitriles is 1. The number of rotatable bonds is 10. The fourth-order valence-corrected chi connectivity index (χ4v) is 4.72. The number of carbonyl (C=O) groups excluding carboxylic acids is 1. The van der Waals surface area contributed by atoms with Gasteiger partial charge in [0, 0.05) is 12.3 Å². The Balaban J connectivity index is 1.90. The van der Waals surface area contributed by atoms with E-state index in [1.165, 1.54) is 6.07 Å². The van der Waals surface area contributed by atoms with E-state index < -0.39 is 12.4 Å². The highest BCUT2D eigenvalue weighted by molar-refractivity contribution is 7.98.